The number of esters is 1. The number of carbonyl (C=O) groups is 1. The average molecular weight is 261 g/mol. The van der Waals surface area contributed by atoms with Crippen LogP contribution in [0.3, 0.4) is 0 Å². The Labute approximate surface area is 113 Å². The molecule has 0 amide bonds. The molecular weight excluding hydrogens is 242 g/mol. The molecule has 4 nitrogen and oxygen atoms in total. The third kappa shape index (κ3) is 2.96. The van der Waals surface area contributed by atoms with E-state index >= 15 is 0 Å². The SMILES string of the molecule is O=C1O[C@@H](c2ccccc2)C[C@@H]1CN1CCOCC1. The Morgan fingerprint density at radius 2 is 1.89 bits per heavy atom. The van der Waals surface area contributed by atoms with Gasteiger partial charge >= 0.3 is 5.97 Å². The number of hydrogen-bond donors (Lipinski definition) is 0. The van der Waals surface area contributed by atoms with Crippen LogP contribution in [0.25, 0.3) is 0 Å². The van der Waals surface area contributed by atoms with Crippen molar-refractivity contribution in [2.45, 2.75) is 12.5 Å². The molecule has 0 bridgehead atoms. The van der Waals surface area contributed by atoms with E-state index in [0.717, 1.165) is 44.8 Å². The molecule has 102 valence electrons. The maximum atomic E-state index is 12.0. The lowest BCUT2D eigenvalue weighted by Crippen LogP contribution is -2.40. The fraction of sp³-hybridized carbons (Fsp3) is 0.533. The molecule has 3 rings (SSSR count). The molecule has 2 saturated heterocycles. The van der Waals surface area contributed by atoms with Crippen LogP contribution in [0.2, 0.25) is 0 Å². The molecule has 1 aromatic rings. The number of hydrogen-bond acceptors (Lipinski definition) is 4. The summed E-state index contributed by atoms with van der Waals surface area (Å²) in [5.41, 5.74) is 1.10. The minimum absolute atomic E-state index is 0.00306. The van der Waals surface area contributed by atoms with Crippen LogP contribution in [0.15, 0.2) is 30.3 Å². The van der Waals surface area contributed by atoms with E-state index in [9.17, 15) is 4.79 Å². The van der Waals surface area contributed by atoms with Crippen molar-refractivity contribution in [2.75, 3.05) is 32.8 Å². The van der Waals surface area contributed by atoms with Gasteiger partial charge in [0.1, 0.15) is 6.10 Å². The highest BCUT2D eigenvalue weighted by Gasteiger charge is 2.36. The molecule has 0 aliphatic carbocycles. The van der Waals surface area contributed by atoms with Crippen molar-refractivity contribution in [1.82, 2.24) is 4.90 Å². The van der Waals surface area contributed by atoms with Gasteiger partial charge in [0, 0.05) is 26.1 Å². The molecule has 0 N–H and O–H groups in total. The summed E-state index contributed by atoms with van der Waals surface area (Å²) in [6.45, 7) is 4.17. The summed E-state index contributed by atoms with van der Waals surface area (Å²) in [6, 6.07) is 9.99. The van der Waals surface area contributed by atoms with Gasteiger partial charge in [-0.1, -0.05) is 30.3 Å². The third-order valence-electron chi connectivity index (χ3n) is 3.84. The van der Waals surface area contributed by atoms with E-state index in [2.05, 4.69) is 4.90 Å². The number of ether oxygens (including phenoxy) is 2. The molecule has 0 saturated carbocycles. The standard InChI is InChI=1S/C15H19NO3/c17-15-13(11-16-6-8-18-9-7-16)10-14(19-15)12-4-2-1-3-5-12/h1-5,13-14H,6-11H2/t13-,14-/m1/s1. The zero-order chi connectivity index (χ0) is 13.1. The van der Waals surface area contributed by atoms with E-state index in [1.165, 1.54) is 0 Å². The second kappa shape index (κ2) is 5.72. The van der Waals surface area contributed by atoms with Crippen LogP contribution < -0.4 is 0 Å². The van der Waals surface area contributed by atoms with Crippen LogP contribution in [0.4, 0.5) is 0 Å². The molecule has 2 aliphatic rings. The van der Waals surface area contributed by atoms with E-state index in [1.54, 1.807) is 0 Å². The summed E-state index contributed by atoms with van der Waals surface area (Å²) < 4.78 is 10.8. The summed E-state index contributed by atoms with van der Waals surface area (Å²) in [5, 5.41) is 0. The van der Waals surface area contributed by atoms with Crippen molar-refractivity contribution in [3.8, 4) is 0 Å². The molecule has 0 spiro atoms. The van der Waals surface area contributed by atoms with Gasteiger partial charge in [-0.15, -0.1) is 0 Å². The Balaban J connectivity index is 1.60. The van der Waals surface area contributed by atoms with Gasteiger partial charge in [0.25, 0.3) is 0 Å². The Morgan fingerprint density at radius 1 is 1.16 bits per heavy atom. The minimum Gasteiger partial charge on any atom is -0.457 e. The van der Waals surface area contributed by atoms with Crippen LogP contribution in [-0.4, -0.2) is 43.7 Å². The van der Waals surface area contributed by atoms with Crippen molar-refractivity contribution in [3.63, 3.8) is 0 Å². The van der Waals surface area contributed by atoms with Crippen LogP contribution in [0, 0.1) is 5.92 Å². The van der Waals surface area contributed by atoms with Gasteiger partial charge in [-0.3, -0.25) is 9.69 Å². The van der Waals surface area contributed by atoms with Crippen LogP contribution in [-0.2, 0) is 14.3 Å². The summed E-state index contributed by atoms with van der Waals surface area (Å²) in [5.74, 6) is -0.0522. The van der Waals surface area contributed by atoms with E-state index in [0.29, 0.717) is 0 Å². The van der Waals surface area contributed by atoms with E-state index in [-0.39, 0.29) is 18.0 Å². The molecule has 2 aliphatic heterocycles. The van der Waals surface area contributed by atoms with Crippen molar-refractivity contribution in [2.24, 2.45) is 5.92 Å². The molecule has 2 fully saturated rings. The zero-order valence-electron chi connectivity index (χ0n) is 11.0. The molecule has 2 heterocycles. The quantitative estimate of drug-likeness (QED) is 0.775. The van der Waals surface area contributed by atoms with Crippen LogP contribution in [0.1, 0.15) is 18.1 Å². The largest absolute Gasteiger partial charge is 0.457 e. The molecule has 0 radical (unpaired) electrons. The smallest absolute Gasteiger partial charge is 0.311 e. The highest BCUT2D eigenvalue weighted by molar-refractivity contribution is 5.75. The van der Waals surface area contributed by atoms with Gasteiger partial charge in [-0.2, -0.15) is 0 Å². The number of cyclic esters (lactones) is 1. The maximum absolute atomic E-state index is 12.0. The van der Waals surface area contributed by atoms with Crippen LogP contribution >= 0.6 is 0 Å². The third-order valence-corrected chi connectivity index (χ3v) is 3.84. The predicted octanol–water partition coefficient (Wildman–Crippen LogP) is 1.62. The second-order valence-electron chi connectivity index (χ2n) is 5.18. The van der Waals surface area contributed by atoms with Crippen molar-refractivity contribution >= 4 is 5.97 Å². The lowest BCUT2D eigenvalue weighted by Gasteiger charge is -2.27. The molecule has 2 atom stereocenters. The van der Waals surface area contributed by atoms with Crippen LogP contribution in [0.5, 0.6) is 0 Å². The Bertz CT molecular complexity index is 428. The van der Waals surface area contributed by atoms with Gasteiger partial charge in [-0.25, -0.2) is 0 Å². The predicted molar refractivity (Wildman–Crippen MR) is 70.6 cm³/mol. The molecular formula is C15H19NO3. The Kier molecular flexibility index (Phi) is 3.80. The maximum Gasteiger partial charge on any atom is 0.311 e. The fourth-order valence-electron chi connectivity index (χ4n) is 2.76. The number of morpholine rings is 1. The Morgan fingerprint density at radius 3 is 2.63 bits per heavy atom. The highest BCUT2D eigenvalue weighted by Crippen LogP contribution is 2.33. The van der Waals surface area contributed by atoms with Gasteiger partial charge in [0.05, 0.1) is 19.1 Å². The number of benzene rings is 1. The Hall–Kier alpha value is -1.39. The minimum atomic E-state index is -0.0697. The van der Waals surface area contributed by atoms with E-state index < -0.39 is 0 Å². The number of carbonyl (C=O) groups excluding carboxylic acids is 1. The molecule has 0 aromatic heterocycles. The average Bonchev–Trinajstić information content (AvgIpc) is 2.82. The van der Waals surface area contributed by atoms with Gasteiger partial charge < -0.3 is 9.47 Å². The molecule has 19 heavy (non-hydrogen) atoms. The van der Waals surface area contributed by atoms with Crippen molar-refractivity contribution in [3.05, 3.63) is 35.9 Å². The van der Waals surface area contributed by atoms with E-state index in [1.807, 2.05) is 30.3 Å². The first-order chi connectivity index (χ1) is 9.33. The highest BCUT2D eigenvalue weighted by atomic mass is 16.6. The van der Waals surface area contributed by atoms with E-state index in [4.69, 9.17) is 9.47 Å². The van der Waals surface area contributed by atoms with Crippen molar-refractivity contribution < 1.29 is 14.3 Å². The lowest BCUT2D eigenvalue weighted by atomic mass is 9.99. The molecule has 1 aromatic carbocycles. The normalized spacial score (nSPS) is 28.3. The topological polar surface area (TPSA) is 38.8 Å². The number of rotatable bonds is 3. The summed E-state index contributed by atoms with van der Waals surface area (Å²) >= 11 is 0. The second-order valence-corrected chi connectivity index (χ2v) is 5.18. The van der Waals surface area contributed by atoms with Crippen molar-refractivity contribution in [1.29, 1.82) is 0 Å². The first kappa shape index (κ1) is 12.6. The van der Waals surface area contributed by atoms with Gasteiger partial charge in [-0.05, 0) is 5.56 Å². The first-order valence-electron chi connectivity index (χ1n) is 6.88. The number of nitrogens with zero attached hydrogens (tertiary/aromatic N) is 1. The lowest BCUT2D eigenvalue weighted by molar-refractivity contribution is -0.145. The molecule has 4 heteroatoms. The molecule has 0 unspecified atom stereocenters. The first-order valence-corrected chi connectivity index (χ1v) is 6.88. The summed E-state index contributed by atoms with van der Waals surface area (Å²) in [6.07, 6.45) is 0.722. The fourth-order valence-corrected chi connectivity index (χ4v) is 2.76. The summed E-state index contributed by atoms with van der Waals surface area (Å²) in [7, 11) is 0. The zero-order valence-corrected chi connectivity index (χ0v) is 11.0. The monoisotopic (exact) mass is 261 g/mol. The summed E-state index contributed by atoms with van der Waals surface area (Å²) in [4.78, 5) is 14.2. The van der Waals surface area contributed by atoms with Gasteiger partial charge in [0.2, 0.25) is 0 Å². The van der Waals surface area contributed by atoms with Gasteiger partial charge in [0.15, 0.2) is 0 Å².